The number of thioether (sulfide) groups is 1. The predicted octanol–water partition coefficient (Wildman–Crippen LogP) is 2.69. The van der Waals surface area contributed by atoms with E-state index in [2.05, 4.69) is 13.8 Å². The minimum atomic E-state index is 0.602. The maximum absolute atomic E-state index is 7.07. The van der Waals surface area contributed by atoms with Crippen LogP contribution >= 0.6 is 11.8 Å². The lowest BCUT2D eigenvalue weighted by Gasteiger charge is -2.08. The van der Waals surface area contributed by atoms with Gasteiger partial charge in [-0.2, -0.15) is 0 Å². The third kappa shape index (κ3) is 10.5. The van der Waals surface area contributed by atoms with Crippen molar-refractivity contribution in [3.8, 4) is 0 Å². The molecule has 0 aromatic carbocycles. The molecule has 0 radical (unpaired) electrons. The molecule has 0 aliphatic carbocycles. The highest BCUT2D eigenvalue weighted by Crippen LogP contribution is 2.20. The van der Waals surface area contributed by atoms with E-state index in [1.54, 1.807) is 7.11 Å². The summed E-state index contributed by atoms with van der Waals surface area (Å²) in [6, 6.07) is 0. The van der Waals surface area contributed by atoms with Crippen LogP contribution in [0.25, 0.3) is 0 Å². The summed E-state index contributed by atoms with van der Waals surface area (Å²) in [4.78, 5) is 1.21. The van der Waals surface area contributed by atoms with Crippen LogP contribution in [-0.4, -0.2) is 45.7 Å². The molecule has 0 amide bonds. The van der Waals surface area contributed by atoms with E-state index in [0.717, 1.165) is 6.42 Å². The van der Waals surface area contributed by atoms with Gasteiger partial charge in [0.1, 0.15) is 0 Å². The number of hydrogen-bond acceptors (Lipinski definition) is 5. The van der Waals surface area contributed by atoms with E-state index < -0.39 is 0 Å². The molecule has 0 fully saturated rings. The Hall–Kier alpha value is -0.360. The van der Waals surface area contributed by atoms with Crippen LogP contribution in [0.3, 0.4) is 0 Å². The zero-order valence-electron chi connectivity index (χ0n) is 11.0. The molecule has 0 saturated heterocycles. The highest BCUT2D eigenvalue weighted by Gasteiger charge is 1.99. The summed E-state index contributed by atoms with van der Waals surface area (Å²) < 4.78 is 15.6. The number of nitrogens with one attached hydrogen (secondary N) is 1. The molecule has 0 aliphatic heterocycles. The van der Waals surface area contributed by atoms with Crippen molar-refractivity contribution in [1.29, 1.82) is 5.41 Å². The van der Waals surface area contributed by atoms with Crippen LogP contribution < -0.4 is 0 Å². The molecule has 0 heterocycles. The minimum Gasteiger partial charge on any atom is -0.382 e. The summed E-state index contributed by atoms with van der Waals surface area (Å²) in [5.41, 5.74) is 2.61. The third-order valence-corrected chi connectivity index (χ3v) is 3.05. The monoisotopic (exact) mass is 261 g/mol. The lowest BCUT2D eigenvalue weighted by atomic mass is 10.3. The summed E-state index contributed by atoms with van der Waals surface area (Å²) >= 11 is 1.45. The number of methoxy groups -OCH3 is 1. The van der Waals surface area contributed by atoms with E-state index in [4.69, 9.17) is 19.6 Å². The fraction of sp³-hybridized carbons (Fsp3) is 0.750. The summed E-state index contributed by atoms with van der Waals surface area (Å²) in [5.74, 6) is 0. The quantitative estimate of drug-likeness (QED) is 0.353. The first kappa shape index (κ1) is 16.6. The van der Waals surface area contributed by atoms with Gasteiger partial charge in [0.25, 0.3) is 0 Å². The van der Waals surface area contributed by atoms with Crippen molar-refractivity contribution < 1.29 is 14.2 Å². The topological polar surface area (TPSA) is 51.5 Å². The number of hydrogen-bond donors (Lipinski definition) is 1. The van der Waals surface area contributed by atoms with Crippen molar-refractivity contribution in [3.63, 3.8) is 0 Å². The Morgan fingerprint density at radius 1 is 1.06 bits per heavy atom. The first-order valence-corrected chi connectivity index (χ1v) is 6.56. The van der Waals surface area contributed by atoms with E-state index in [-0.39, 0.29) is 0 Å². The molecule has 0 rings (SSSR count). The Labute approximate surface area is 108 Å². The lowest BCUT2D eigenvalue weighted by Crippen LogP contribution is -2.09. The average Bonchev–Trinajstić information content (AvgIpc) is 2.31. The number of ether oxygens (including phenoxy) is 3. The van der Waals surface area contributed by atoms with Crippen LogP contribution in [-0.2, 0) is 14.2 Å². The minimum absolute atomic E-state index is 0.602. The third-order valence-electron chi connectivity index (χ3n) is 2.04. The highest BCUT2D eigenvalue weighted by molar-refractivity contribution is 8.15. The molecular formula is C12H23NO3S. The second kappa shape index (κ2) is 12.1. The van der Waals surface area contributed by atoms with Crippen molar-refractivity contribution in [2.75, 3.05) is 40.1 Å². The molecule has 5 heteroatoms. The van der Waals surface area contributed by atoms with Gasteiger partial charge in [-0.3, -0.25) is 0 Å². The zero-order valence-corrected chi connectivity index (χ0v) is 11.8. The van der Waals surface area contributed by atoms with Gasteiger partial charge in [0, 0.05) is 13.5 Å². The van der Waals surface area contributed by atoms with E-state index in [9.17, 15) is 0 Å². The molecule has 0 saturated carbocycles. The molecule has 4 nitrogen and oxygen atoms in total. The molecule has 0 atom stereocenters. The summed E-state index contributed by atoms with van der Waals surface area (Å²) in [6.07, 6.45) is 0.862. The predicted molar refractivity (Wildman–Crippen MR) is 72.9 cm³/mol. The van der Waals surface area contributed by atoms with Crippen LogP contribution in [0.1, 0.15) is 20.3 Å². The van der Waals surface area contributed by atoms with Gasteiger partial charge >= 0.3 is 0 Å². The van der Waals surface area contributed by atoms with Crippen molar-refractivity contribution in [2.45, 2.75) is 20.3 Å². The Kier molecular flexibility index (Phi) is 11.8. The van der Waals surface area contributed by atoms with Crippen molar-refractivity contribution >= 4 is 17.3 Å². The summed E-state index contributed by atoms with van der Waals surface area (Å²) in [7, 11) is 1.65. The van der Waals surface area contributed by atoms with Crippen molar-refractivity contribution in [2.24, 2.45) is 0 Å². The van der Waals surface area contributed by atoms with E-state index in [0.29, 0.717) is 33.0 Å². The molecule has 0 aliphatic rings. The fourth-order valence-corrected chi connectivity index (χ4v) is 1.71. The molecule has 0 aromatic heterocycles. The normalized spacial score (nSPS) is 10.3. The fourth-order valence-electron chi connectivity index (χ4n) is 1.13. The Morgan fingerprint density at radius 2 is 1.65 bits per heavy atom. The number of allylic oxidation sites excluding steroid dienone is 1. The van der Waals surface area contributed by atoms with E-state index in [1.165, 1.54) is 27.8 Å². The van der Waals surface area contributed by atoms with Crippen molar-refractivity contribution in [3.05, 3.63) is 10.5 Å². The van der Waals surface area contributed by atoms with Gasteiger partial charge in [-0.15, -0.1) is 0 Å². The molecular weight excluding hydrogens is 238 g/mol. The molecule has 100 valence electrons. The second-order valence-corrected chi connectivity index (χ2v) is 4.59. The molecule has 0 unspecified atom stereocenters. The summed E-state index contributed by atoms with van der Waals surface area (Å²) in [6.45, 7) is 7.23. The smallest absolute Gasteiger partial charge is 0.0701 e. The van der Waals surface area contributed by atoms with Gasteiger partial charge in [-0.1, -0.05) is 17.3 Å². The average molecular weight is 261 g/mol. The van der Waals surface area contributed by atoms with Crippen LogP contribution in [0.5, 0.6) is 0 Å². The number of rotatable bonds is 11. The largest absolute Gasteiger partial charge is 0.382 e. The molecule has 0 aromatic rings. The first-order valence-electron chi connectivity index (χ1n) is 5.68. The molecule has 0 bridgehead atoms. The zero-order chi connectivity index (χ0) is 12.9. The van der Waals surface area contributed by atoms with Crippen LogP contribution in [0.2, 0.25) is 0 Å². The van der Waals surface area contributed by atoms with Crippen molar-refractivity contribution in [1.82, 2.24) is 0 Å². The Morgan fingerprint density at radius 3 is 2.18 bits per heavy atom. The van der Waals surface area contributed by atoms with Gasteiger partial charge in [0.15, 0.2) is 0 Å². The van der Waals surface area contributed by atoms with E-state index >= 15 is 0 Å². The Balaban J connectivity index is 3.43. The van der Waals surface area contributed by atoms with E-state index in [1.807, 2.05) is 0 Å². The van der Waals surface area contributed by atoms with Crippen LogP contribution in [0.15, 0.2) is 10.5 Å². The molecule has 0 spiro atoms. The molecule has 17 heavy (non-hydrogen) atoms. The Bertz CT molecular complexity index is 228. The summed E-state index contributed by atoms with van der Waals surface area (Å²) in [5, 5.41) is 7.07. The van der Waals surface area contributed by atoms with Crippen LogP contribution in [0.4, 0.5) is 0 Å². The van der Waals surface area contributed by atoms with Gasteiger partial charge in [0.2, 0.25) is 0 Å². The van der Waals surface area contributed by atoms with Gasteiger partial charge in [-0.25, -0.2) is 0 Å². The standard InChI is InChI=1S/C12H23NO3S/c1-11(2)12(17-10-13)4-5-15-8-9-16-7-6-14-3/h10,13H,4-9H2,1-3H3. The van der Waals surface area contributed by atoms with Gasteiger partial charge < -0.3 is 19.6 Å². The second-order valence-electron chi connectivity index (χ2n) is 3.63. The maximum atomic E-state index is 7.07. The first-order chi connectivity index (χ1) is 8.22. The van der Waals surface area contributed by atoms with Gasteiger partial charge in [-0.05, 0) is 18.8 Å². The SMILES string of the molecule is COCCOCCOCCC(SC=N)=C(C)C. The van der Waals surface area contributed by atoms with Crippen LogP contribution in [0, 0.1) is 5.41 Å². The highest BCUT2D eigenvalue weighted by atomic mass is 32.2. The molecule has 1 N–H and O–H groups in total. The maximum Gasteiger partial charge on any atom is 0.0701 e. The lowest BCUT2D eigenvalue weighted by molar-refractivity contribution is 0.0258. The van der Waals surface area contributed by atoms with Gasteiger partial charge in [0.05, 0.1) is 38.6 Å².